The Morgan fingerprint density at radius 1 is 1.59 bits per heavy atom. The second-order valence-corrected chi connectivity index (χ2v) is 7.49. The highest BCUT2D eigenvalue weighted by Crippen LogP contribution is 2.40. The number of oxime groups is 1. The van der Waals surface area contributed by atoms with Gasteiger partial charge in [-0.05, 0) is 5.57 Å². The molecule has 27 heavy (non-hydrogen) atoms. The number of amides is 2. The molecule has 0 aliphatic carbocycles. The number of carbonyl (C=O) groups excluding carboxylic acids is 2. The van der Waals surface area contributed by atoms with E-state index in [2.05, 4.69) is 37.9 Å². The van der Waals surface area contributed by atoms with Gasteiger partial charge in [0.05, 0.1) is 6.20 Å². The van der Waals surface area contributed by atoms with Crippen LogP contribution in [0.1, 0.15) is 0 Å². The molecule has 1 saturated heterocycles. The summed E-state index contributed by atoms with van der Waals surface area (Å²) in [5.74, 6) is -1.84. The lowest BCUT2D eigenvalue weighted by atomic mass is 10.0. The van der Waals surface area contributed by atoms with Crippen molar-refractivity contribution in [1.29, 1.82) is 0 Å². The van der Waals surface area contributed by atoms with Gasteiger partial charge in [0.25, 0.3) is 11.8 Å². The number of ether oxygens (including phenoxy) is 1. The molecule has 3 heterocycles. The molecule has 11 nitrogen and oxygen atoms in total. The predicted molar refractivity (Wildman–Crippen MR) is 103 cm³/mol. The average molecular weight is 509 g/mol. The first kappa shape index (κ1) is 19.6. The van der Waals surface area contributed by atoms with E-state index in [9.17, 15) is 19.5 Å². The van der Waals surface area contributed by atoms with Crippen LogP contribution in [0.15, 0.2) is 28.5 Å². The average Bonchev–Trinajstić information content (AvgIpc) is 3.08. The van der Waals surface area contributed by atoms with Crippen LogP contribution in [0.4, 0.5) is 0 Å². The van der Waals surface area contributed by atoms with Crippen LogP contribution in [0.5, 0.6) is 0 Å². The van der Waals surface area contributed by atoms with Crippen molar-refractivity contribution in [2.24, 2.45) is 10.9 Å². The number of rotatable bonds is 4. The number of nitrogens with two attached hydrogens (primary N) is 1. The number of thioether (sulfide) groups is 1. The van der Waals surface area contributed by atoms with Crippen LogP contribution in [0.2, 0.25) is 0 Å². The predicted octanol–water partition coefficient (Wildman–Crippen LogP) is -0.833. The van der Waals surface area contributed by atoms with E-state index in [-0.39, 0.29) is 24.1 Å². The molecule has 0 bridgehead atoms. The van der Waals surface area contributed by atoms with Crippen LogP contribution >= 0.6 is 34.4 Å². The zero-order valence-corrected chi connectivity index (χ0v) is 17.0. The molecule has 13 heteroatoms. The van der Waals surface area contributed by atoms with Gasteiger partial charge in [-0.3, -0.25) is 19.4 Å². The number of β-lactam (4-membered cyclic amide) rings is 1. The van der Waals surface area contributed by atoms with Crippen molar-refractivity contribution >= 4 is 58.0 Å². The van der Waals surface area contributed by atoms with Crippen molar-refractivity contribution in [2.45, 2.75) is 11.4 Å². The van der Waals surface area contributed by atoms with E-state index in [0.29, 0.717) is 15.8 Å². The van der Waals surface area contributed by atoms with Crippen LogP contribution in [-0.2, 0) is 24.0 Å². The highest BCUT2D eigenvalue weighted by Gasteiger charge is 2.54. The minimum absolute atomic E-state index is 0.00178. The maximum absolute atomic E-state index is 12.6. The zero-order chi connectivity index (χ0) is 19.7. The highest BCUT2D eigenvalue weighted by atomic mass is 127. The Morgan fingerprint density at radius 3 is 2.89 bits per heavy atom. The number of hydrogen-bond acceptors (Lipinski definition) is 8. The fourth-order valence-electron chi connectivity index (χ4n) is 2.80. The SMILES string of the molecule is CON=C(C(=O)NC1C(=O)N2C(C(=O)O)=C(CI)CS[C@@H]12)N1C=C(N)OC1. The molecule has 0 aromatic rings. The van der Waals surface area contributed by atoms with Crippen molar-refractivity contribution in [1.82, 2.24) is 15.1 Å². The summed E-state index contributed by atoms with van der Waals surface area (Å²) in [4.78, 5) is 43.9. The van der Waals surface area contributed by atoms with Gasteiger partial charge < -0.3 is 25.7 Å². The van der Waals surface area contributed by atoms with Gasteiger partial charge in [-0.25, -0.2) is 4.79 Å². The summed E-state index contributed by atoms with van der Waals surface area (Å²) in [6.45, 7) is -0.0186. The first-order valence-electron chi connectivity index (χ1n) is 7.63. The normalized spacial score (nSPS) is 24.7. The molecule has 0 saturated carbocycles. The third-order valence-electron chi connectivity index (χ3n) is 4.00. The van der Waals surface area contributed by atoms with E-state index in [4.69, 9.17) is 10.5 Å². The van der Waals surface area contributed by atoms with Gasteiger partial charge in [-0.15, -0.1) is 11.8 Å². The maximum Gasteiger partial charge on any atom is 0.352 e. The number of nitrogens with one attached hydrogen (secondary N) is 1. The van der Waals surface area contributed by atoms with E-state index in [1.54, 1.807) is 0 Å². The second kappa shape index (κ2) is 7.84. The number of nitrogens with zero attached hydrogens (tertiary/aromatic N) is 3. The Hall–Kier alpha value is -2.16. The summed E-state index contributed by atoms with van der Waals surface area (Å²) < 4.78 is 5.56. The van der Waals surface area contributed by atoms with Gasteiger partial charge in [-0.2, -0.15) is 0 Å². The van der Waals surface area contributed by atoms with Crippen LogP contribution in [0.3, 0.4) is 0 Å². The number of aliphatic carboxylic acids is 1. The second-order valence-electron chi connectivity index (χ2n) is 5.62. The minimum atomic E-state index is -1.15. The van der Waals surface area contributed by atoms with E-state index in [0.717, 1.165) is 0 Å². The number of hydrogen-bond donors (Lipinski definition) is 3. The Labute approximate surface area is 171 Å². The lowest BCUT2D eigenvalue weighted by molar-refractivity contribution is -0.150. The van der Waals surface area contributed by atoms with Crippen molar-refractivity contribution in [3.63, 3.8) is 0 Å². The quantitative estimate of drug-likeness (QED) is 0.110. The number of amidine groups is 1. The fourth-order valence-corrected chi connectivity index (χ4v) is 5.14. The van der Waals surface area contributed by atoms with E-state index in [1.807, 2.05) is 0 Å². The number of carboxylic acids is 1. The number of halogens is 1. The molecule has 0 aromatic heterocycles. The van der Waals surface area contributed by atoms with E-state index in [1.165, 1.54) is 34.9 Å². The molecule has 4 N–H and O–H groups in total. The number of fused-ring (bicyclic) bond motifs is 1. The van der Waals surface area contributed by atoms with Crippen LogP contribution in [0.25, 0.3) is 0 Å². The lowest BCUT2D eigenvalue weighted by Gasteiger charge is -2.49. The van der Waals surface area contributed by atoms with Gasteiger partial charge in [0.15, 0.2) is 6.73 Å². The summed E-state index contributed by atoms with van der Waals surface area (Å²) in [5, 5.41) is 15.2. The third kappa shape index (κ3) is 3.52. The Morgan fingerprint density at radius 2 is 2.33 bits per heavy atom. The number of carbonyl (C=O) groups is 3. The molecule has 1 unspecified atom stereocenters. The molecular formula is C14H16IN5O6S. The van der Waals surface area contributed by atoms with Crippen LogP contribution < -0.4 is 11.1 Å². The largest absolute Gasteiger partial charge is 0.477 e. The monoisotopic (exact) mass is 509 g/mol. The van der Waals surface area contributed by atoms with Gasteiger partial charge in [0.1, 0.15) is 24.2 Å². The van der Waals surface area contributed by atoms with E-state index < -0.39 is 29.2 Å². The molecule has 146 valence electrons. The van der Waals surface area contributed by atoms with Crippen LogP contribution in [0, 0.1) is 0 Å². The number of carboxylic acid groups (broad SMARTS) is 1. The molecule has 2 amide bonds. The molecule has 3 aliphatic heterocycles. The third-order valence-corrected chi connectivity index (χ3v) is 6.26. The molecule has 2 atom stereocenters. The van der Waals surface area contributed by atoms with Crippen LogP contribution in [-0.4, -0.2) is 74.0 Å². The Kier molecular flexibility index (Phi) is 5.69. The summed E-state index contributed by atoms with van der Waals surface area (Å²) in [6.07, 6.45) is 1.37. The topological polar surface area (TPSA) is 147 Å². The first-order chi connectivity index (χ1) is 12.9. The molecule has 0 aromatic carbocycles. The number of alkyl halides is 1. The summed E-state index contributed by atoms with van der Waals surface area (Å²) in [7, 11) is 1.28. The van der Waals surface area contributed by atoms with Gasteiger partial charge in [0, 0.05) is 10.2 Å². The van der Waals surface area contributed by atoms with Crippen molar-refractivity contribution in [3.8, 4) is 0 Å². The fraction of sp³-hybridized carbons (Fsp3) is 0.429. The van der Waals surface area contributed by atoms with Gasteiger partial charge in [-0.1, -0.05) is 27.7 Å². The summed E-state index contributed by atoms with van der Waals surface area (Å²) in [5.41, 5.74) is 6.20. The Bertz CT molecular complexity index is 784. The summed E-state index contributed by atoms with van der Waals surface area (Å²) >= 11 is 3.47. The summed E-state index contributed by atoms with van der Waals surface area (Å²) in [6, 6.07) is -0.862. The highest BCUT2D eigenvalue weighted by molar-refractivity contribution is 14.1. The van der Waals surface area contributed by atoms with Crippen molar-refractivity contribution < 1.29 is 29.1 Å². The Balaban J connectivity index is 1.75. The maximum atomic E-state index is 12.6. The molecule has 3 aliphatic rings. The van der Waals surface area contributed by atoms with Crippen molar-refractivity contribution in [2.75, 3.05) is 24.0 Å². The smallest absolute Gasteiger partial charge is 0.352 e. The van der Waals surface area contributed by atoms with Gasteiger partial charge >= 0.3 is 5.97 Å². The molecule has 0 radical (unpaired) electrons. The lowest BCUT2D eigenvalue weighted by Crippen LogP contribution is -2.71. The zero-order valence-electron chi connectivity index (χ0n) is 14.0. The molecule has 0 spiro atoms. The minimum Gasteiger partial charge on any atom is -0.477 e. The molecular weight excluding hydrogens is 493 g/mol. The molecule has 1 fully saturated rings. The standard InChI is InChI=1S/C14H16IN5O6S/c1-25-18-10(19-3-7(16)26-5-19)11(21)17-8-12(22)20-9(14(23)24)6(2-15)4-27-13(8)20/h3,8,13H,2,4-5,16H2,1H3,(H,17,21)(H,23,24)/t8?,13-/m0/s1. The van der Waals surface area contributed by atoms with Crippen molar-refractivity contribution in [3.05, 3.63) is 23.4 Å². The van der Waals surface area contributed by atoms with E-state index >= 15 is 0 Å². The van der Waals surface area contributed by atoms with Gasteiger partial charge in [0.2, 0.25) is 11.7 Å². The molecule has 3 rings (SSSR count). The first-order valence-corrected chi connectivity index (χ1v) is 10.2.